The van der Waals surface area contributed by atoms with E-state index < -0.39 is 4.92 Å². The lowest BCUT2D eigenvalue weighted by Gasteiger charge is -2.19. The number of non-ortho nitro benzene ring substituents is 1. The Morgan fingerprint density at radius 3 is 2.67 bits per heavy atom. The van der Waals surface area contributed by atoms with Crippen LogP contribution in [0.4, 0.5) is 11.4 Å². The van der Waals surface area contributed by atoms with Crippen molar-refractivity contribution in [3.05, 3.63) is 28.3 Å². The number of nitrogens with zero attached hydrogens (tertiary/aromatic N) is 2. The number of ether oxygens (including phenoxy) is 1. The molecule has 0 spiro atoms. The van der Waals surface area contributed by atoms with Crippen LogP contribution in [0.25, 0.3) is 0 Å². The number of carbonyl (C=O) groups is 1. The molecule has 0 aromatic heterocycles. The molecule has 0 heterocycles. The van der Waals surface area contributed by atoms with Crippen LogP contribution < -0.4 is 9.64 Å². The van der Waals surface area contributed by atoms with Crippen molar-refractivity contribution in [3.8, 4) is 5.75 Å². The number of rotatable bonds is 5. The van der Waals surface area contributed by atoms with Crippen LogP contribution in [0.3, 0.4) is 0 Å². The molecule has 18 heavy (non-hydrogen) atoms. The summed E-state index contributed by atoms with van der Waals surface area (Å²) in [6, 6.07) is 4.18. The minimum Gasteiger partial charge on any atom is -0.495 e. The van der Waals surface area contributed by atoms with Gasteiger partial charge < -0.3 is 9.64 Å². The molecule has 98 valence electrons. The van der Waals surface area contributed by atoms with E-state index in [0.717, 1.165) is 6.42 Å². The van der Waals surface area contributed by atoms with Crippen LogP contribution in [0, 0.1) is 10.1 Å². The first-order chi connectivity index (χ1) is 8.51. The molecule has 0 N–H and O–H groups in total. The van der Waals surface area contributed by atoms with Crippen LogP contribution >= 0.6 is 0 Å². The fraction of sp³-hybridized carbons (Fsp3) is 0.417. The van der Waals surface area contributed by atoms with Crippen molar-refractivity contribution in [2.75, 3.05) is 19.1 Å². The molecule has 0 aliphatic rings. The van der Waals surface area contributed by atoms with E-state index in [0.29, 0.717) is 17.9 Å². The summed E-state index contributed by atoms with van der Waals surface area (Å²) in [6.07, 6.45) is 1.11. The summed E-state index contributed by atoms with van der Waals surface area (Å²) >= 11 is 0. The van der Waals surface area contributed by atoms with Crippen molar-refractivity contribution in [1.29, 1.82) is 0 Å². The van der Waals surface area contributed by atoms with Gasteiger partial charge in [-0.05, 0) is 12.5 Å². The maximum absolute atomic E-state index is 11.8. The molecule has 1 amide bonds. The predicted octanol–water partition coefficient (Wildman–Crippen LogP) is 2.37. The summed E-state index contributed by atoms with van der Waals surface area (Å²) < 4.78 is 5.11. The van der Waals surface area contributed by atoms with E-state index in [1.807, 2.05) is 6.92 Å². The normalized spacial score (nSPS) is 9.94. The van der Waals surface area contributed by atoms with Crippen LogP contribution in [-0.2, 0) is 4.79 Å². The van der Waals surface area contributed by atoms with Crippen LogP contribution in [0.2, 0.25) is 0 Å². The van der Waals surface area contributed by atoms with Gasteiger partial charge in [0.2, 0.25) is 5.91 Å². The highest BCUT2D eigenvalue weighted by molar-refractivity contribution is 5.94. The first kappa shape index (κ1) is 14.0. The van der Waals surface area contributed by atoms with Gasteiger partial charge in [-0.3, -0.25) is 14.9 Å². The number of amides is 1. The summed E-state index contributed by atoms with van der Waals surface area (Å²) in [4.78, 5) is 23.4. The second-order valence-corrected chi connectivity index (χ2v) is 3.82. The first-order valence-corrected chi connectivity index (χ1v) is 5.60. The van der Waals surface area contributed by atoms with Crippen LogP contribution in [0.1, 0.15) is 19.8 Å². The van der Waals surface area contributed by atoms with E-state index in [4.69, 9.17) is 4.74 Å². The second-order valence-electron chi connectivity index (χ2n) is 3.82. The van der Waals surface area contributed by atoms with Crippen molar-refractivity contribution in [2.45, 2.75) is 19.8 Å². The van der Waals surface area contributed by atoms with Gasteiger partial charge in [0.15, 0.2) is 0 Å². The van der Waals surface area contributed by atoms with Crippen LogP contribution in [0.5, 0.6) is 5.75 Å². The third kappa shape index (κ3) is 2.97. The van der Waals surface area contributed by atoms with Crippen LogP contribution in [-0.4, -0.2) is 25.0 Å². The molecule has 0 aliphatic heterocycles. The maximum Gasteiger partial charge on any atom is 0.271 e. The summed E-state index contributed by atoms with van der Waals surface area (Å²) in [6.45, 7) is 1.90. The van der Waals surface area contributed by atoms with E-state index in [1.165, 1.54) is 30.2 Å². The monoisotopic (exact) mass is 252 g/mol. The number of anilines is 1. The van der Waals surface area contributed by atoms with Gasteiger partial charge in [0.1, 0.15) is 5.75 Å². The molecule has 6 heteroatoms. The number of carbonyl (C=O) groups excluding carboxylic acids is 1. The Kier molecular flexibility index (Phi) is 4.65. The smallest absolute Gasteiger partial charge is 0.271 e. The molecule has 0 radical (unpaired) electrons. The maximum atomic E-state index is 11.8. The minimum absolute atomic E-state index is 0.0676. The molecular formula is C12H16N2O4. The zero-order chi connectivity index (χ0) is 13.7. The van der Waals surface area contributed by atoms with E-state index in [1.54, 1.807) is 7.05 Å². The Hall–Kier alpha value is -2.11. The van der Waals surface area contributed by atoms with Crippen LogP contribution in [0.15, 0.2) is 18.2 Å². The average molecular weight is 252 g/mol. The number of benzene rings is 1. The van der Waals surface area contributed by atoms with Crippen molar-refractivity contribution >= 4 is 17.3 Å². The third-order valence-electron chi connectivity index (χ3n) is 2.57. The number of nitro benzene ring substituents is 1. The first-order valence-electron chi connectivity index (χ1n) is 5.60. The van der Waals surface area contributed by atoms with E-state index in [2.05, 4.69) is 0 Å². The summed E-state index contributed by atoms with van der Waals surface area (Å²) in [5, 5.41) is 10.7. The van der Waals surface area contributed by atoms with E-state index in [-0.39, 0.29) is 11.6 Å². The Labute approximate surface area is 105 Å². The number of methoxy groups -OCH3 is 1. The fourth-order valence-electron chi connectivity index (χ4n) is 1.57. The molecule has 0 unspecified atom stereocenters. The molecule has 0 saturated carbocycles. The lowest BCUT2D eigenvalue weighted by Crippen LogP contribution is -2.26. The lowest BCUT2D eigenvalue weighted by molar-refractivity contribution is -0.384. The topological polar surface area (TPSA) is 72.7 Å². The Morgan fingerprint density at radius 2 is 2.17 bits per heavy atom. The quantitative estimate of drug-likeness (QED) is 0.595. The highest BCUT2D eigenvalue weighted by Crippen LogP contribution is 2.31. The Bertz CT molecular complexity index is 459. The van der Waals surface area contributed by atoms with Gasteiger partial charge >= 0.3 is 0 Å². The summed E-state index contributed by atoms with van der Waals surface area (Å²) in [7, 11) is 3.04. The van der Waals surface area contributed by atoms with E-state index >= 15 is 0 Å². The molecule has 1 rings (SSSR count). The molecule has 0 fully saturated rings. The zero-order valence-corrected chi connectivity index (χ0v) is 10.7. The number of nitro groups is 1. The SMILES string of the molecule is CCCC(=O)N(C)c1cc([N+](=O)[O-])ccc1OC. The Balaban J connectivity index is 3.15. The van der Waals surface area contributed by atoms with Crippen molar-refractivity contribution in [2.24, 2.45) is 0 Å². The van der Waals surface area contributed by atoms with Gasteiger partial charge in [0.25, 0.3) is 5.69 Å². The van der Waals surface area contributed by atoms with Gasteiger partial charge in [-0.2, -0.15) is 0 Å². The predicted molar refractivity (Wildman–Crippen MR) is 68.0 cm³/mol. The van der Waals surface area contributed by atoms with Gasteiger partial charge in [-0.25, -0.2) is 0 Å². The average Bonchev–Trinajstić information content (AvgIpc) is 2.37. The van der Waals surface area contributed by atoms with Gasteiger partial charge in [0, 0.05) is 25.6 Å². The van der Waals surface area contributed by atoms with Crippen molar-refractivity contribution in [1.82, 2.24) is 0 Å². The van der Waals surface area contributed by atoms with Gasteiger partial charge in [-0.15, -0.1) is 0 Å². The molecule has 1 aromatic rings. The largest absolute Gasteiger partial charge is 0.495 e. The molecule has 1 aromatic carbocycles. The second kappa shape index (κ2) is 6.00. The van der Waals surface area contributed by atoms with Crippen molar-refractivity contribution < 1.29 is 14.5 Å². The minimum atomic E-state index is -0.499. The molecule has 6 nitrogen and oxygen atoms in total. The standard InChI is InChI=1S/C12H16N2O4/c1-4-5-12(15)13(2)10-8-9(14(16)17)6-7-11(10)18-3/h6-8H,4-5H2,1-3H3. The van der Waals surface area contributed by atoms with Gasteiger partial charge in [0.05, 0.1) is 17.7 Å². The highest BCUT2D eigenvalue weighted by Gasteiger charge is 2.18. The molecule has 0 saturated heterocycles. The molecule has 0 aliphatic carbocycles. The number of hydrogen-bond donors (Lipinski definition) is 0. The fourth-order valence-corrected chi connectivity index (χ4v) is 1.57. The highest BCUT2D eigenvalue weighted by atomic mass is 16.6. The third-order valence-corrected chi connectivity index (χ3v) is 2.57. The molecule has 0 atom stereocenters. The summed E-state index contributed by atoms with van der Waals surface area (Å²) in [5.74, 6) is 0.337. The van der Waals surface area contributed by atoms with Crippen molar-refractivity contribution in [3.63, 3.8) is 0 Å². The van der Waals surface area contributed by atoms with E-state index in [9.17, 15) is 14.9 Å². The molecular weight excluding hydrogens is 236 g/mol. The lowest BCUT2D eigenvalue weighted by atomic mass is 10.2. The number of hydrogen-bond acceptors (Lipinski definition) is 4. The molecule has 0 bridgehead atoms. The zero-order valence-electron chi connectivity index (χ0n) is 10.7. The summed E-state index contributed by atoms with van der Waals surface area (Å²) in [5.41, 5.74) is 0.340. The Morgan fingerprint density at radius 1 is 1.50 bits per heavy atom. The van der Waals surface area contributed by atoms with Gasteiger partial charge in [-0.1, -0.05) is 6.92 Å².